The molecule has 2 aliphatic heterocycles. The first-order chi connectivity index (χ1) is 50.5. The lowest BCUT2D eigenvalue weighted by atomic mass is 9.75. The van der Waals surface area contributed by atoms with E-state index in [2.05, 4.69) is 68.5 Å². The van der Waals surface area contributed by atoms with E-state index in [1.807, 2.05) is 159 Å². The molecule has 6 heterocycles. The van der Waals surface area contributed by atoms with Gasteiger partial charge in [0.1, 0.15) is 11.5 Å². The minimum atomic E-state index is -0.606. The van der Waals surface area contributed by atoms with Crippen LogP contribution < -0.4 is 21.3 Å². The summed E-state index contributed by atoms with van der Waals surface area (Å²) in [5.41, 5.74) is 9.93. The number of amides is 4. The van der Waals surface area contributed by atoms with Gasteiger partial charge in [-0.25, -0.2) is 15.0 Å². The molecule has 0 unspecified atom stereocenters. The van der Waals surface area contributed by atoms with Crippen LogP contribution in [0.5, 0.6) is 0 Å². The van der Waals surface area contributed by atoms with Gasteiger partial charge in [-0.3, -0.25) is 24.0 Å². The van der Waals surface area contributed by atoms with Crippen molar-refractivity contribution < 1.29 is 28.7 Å². The number of unbranched alkanes of at least 4 members (excludes halogenated alkanes) is 4. The Morgan fingerprint density at radius 1 is 0.423 bits per heavy atom. The number of imidazole rings is 1. The molecule has 6 N–H and O–H groups in total. The monoisotopic (exact) mass is 1390 g/mol. The van der Waals surface area contributed by atoms with E-state index in [4.69, 9.17) is 14.7 Å². The number of anilines is 4. The zero-order chi connectivity index (χ0) is 72.0. The lowest BCUT2D eigenvalue weighted by molar-refractivity contribution is -0.136. The number of aromatic nitrogens is 6. The summed E-state index contributed by atoms with van der Waals surface area (Å²) in [6.45, 7) is 11.2. The number of hydrogen-bond acceptors (Lipinski definition) is 9. The first kappa shape index (κ1) is 71.0. The van der Waals surface area contributed by atoms with E-state index < -0.39 is 27.6 Å². The highest BCUT2D eigenvalue weighted by Crippen LogP contribution is 2.48. The molecule has 0 saturated heterocycles. The number of fused-ring (bicyclic) bond motifs is 8. The normalized spacial score (nSPS) is 17.3. The van der Waals surface area contributed by atoms with Gasteiger partial charge < -0.3 is 40.5 Å². The lowest BCUT2D eigenvalue weighted by Crippen LogP contribution is -2.35. The van der Waals surface area contributed by atoms with Gasteiger partial charge in [0.05, 0.1) is 17.1 Å². The molecule has 104 heavy (non-hydrogen) atoms. The lowest BCUT2D eigenvalue weighted by Gasteiger charge is -2.32. The third kappa shape index (κ3) is 15.1. The molecule has 16 nitrogen and oxygen atoms in total. The molecule has 14 rings (SSSR count). The molecule has 16 heteroatoms. The van der Waals surface area contributed by atoms with Gasteiger partial charge in [0.25, 0.3) is 0 Å². The highest BCUT2D eigenvalue weighted by Gasteiger charge is 2.40. The Labute approximate surface area is 611 Å². The van der Waals surface area contributed by atoms with Crippen molar-refractivity contribution in [2.45, 2.75) is 208 Å². The van der Waals surface area contributed by atoms with Gasteiger partial charge in [-0.2, -0.15) is 0 Å². The Morgan fingerprint density at radius 3 is 1.15 bits per heavy atom. The topological polar surface area (TPSA) is 218 Å². The van der Waals surface area contributed by atoms with E-state index in [1.54, 1.807) is 0 Å². The SMILES string of the molecule is Cc1nccn1CCCCCCCC(=O)OC1=Cc2nc1c(-c1ccccc1NC(=O)C1(C)CCCCC1)c1ccc([nH]1)c(-c1ccccc1NC(=O)C1(C)CCCCC1)c1nc(c(-c3ccccc3NC(=O)C3(C)CCCCC3)c3ccc([nH]3)c2-c2ccccc2NC(=O)C2(C)CCCCC2)C=C1. The standard InChI is InChI=1S/C88H100N10O6/c1-58-89-54-56-98(58)55-30-8-6-7-13-39-75(99)104-74-57-73-78(61-33-16-20-37-65(61)96-83(102)87(4)50-26-11-27-51-87)71-43-42-69(91-71)76(59-31-14-18-35-63(59)94-81(100)85(2)46-22-9-23-47-85)67-40-41-68(90-67)77(60-32-15-19-36-64(60)95-82(101)86(3)48-24-10-25-49-86)70-44-45-72(92-70)79(80(74)93-73)62-34-17-21-38-66(62)97-84(103)88(5)52-28-12-29-53-88/h14-21,31-38,40-45,54,56-57,91-92H,6-13,22-30,39,46-53,55H2,1-5H3,(H,94,100)(H,95,101)(H,96,102)(H,97,103). The molecule has 0 spiro atoms. The van der Waals surface area contributed by atoms with E-state index in [-0.39, 0.29) is 35.8 Å². The molecule has 0 radical (unpaired) electrons. The van der Waals surface area contributed by atoms with Gasteiger partial charge >= 0.3 is 5.97 Å². The smallest absolute Gasteiger partial charge is 0.311 e. The first-order valence-electron chi connectivity index (χ1n) is 38.5. The number of H-pyrrole nitrogens is 2. The number of carbonyl (C=O) groups is 5. The summed E-state index contributed by atoms with van der Waals surface area (Å²) >= 11 is 0. The number of esters is 1. The fourth-order valence-corrected chi connectivity index (χ4v) is 16.9. The van der Waals surface area contributed by atoms with Crippen molar-refractivity contribution in [2.75, 3.05) is 21.3 Å². The molecule has 6 aliphatic rings. The third-order valence-electron chi connectivity index (χ3n) is 23.6. The van der Waals surface area contributed by atoms with Crippen molar-refractivity contribution in [1.29, 1.82) is 0 Å². The zero-order valence-electron chi connectivity index (χ0n) is 61.3. The van der Waals surface area contributed by atoms with E-state index in [9.17, 15) is 24.0 Å². The maximum atomic E-state index is 15.0. The van der Waals surface area contributed by atoms with Gasteiger partial charge in [0, 0.05) is 142 Å². The summed E-state index contributed by atoms with van der Waals surface area (Å²) in [5.74, 6) is 0.588. The van der Waals surface area contributed by atoms with Crippen LogP contribution in [-0.4, -0.2) is 59.1 Å². The molecule has 4 aromatic heterocycles. The second-order valence-corrected chi connectivity index (χ2v) is 31.3. The molecule has 4 amide bonds. The fraction of sp³-hybridized carbons (Fsp3) is 0.409. The van der Waals surface area contributed by atoms with Crippen LogP contribution in [0.1, 0.15) is 223 Å². The average Bonchev–Trinajstić information content (AvgIpc) is 1.64. The van der Waals surface area contributed by atoms with Gasteiger partial charge in [0.15, 0.2) is 5.76 Å². The minimum Gasteiger partial charge on any atom is -0.424 e. The number of rotatable bonds is 21. The predicted octanol–water partition coefficient (Wildman–Crippen LogP) is 21.4. The summed E-state index contributed by atoms with van der Waals surface area (Å²) in [7, 11) is 0. The van der Waals surface area contributed by atoms with Crippen LogP contribution in [0, 0.1) is 28.6 Å². The van der Waals surface area contributed by atoms with Crippen LogP contribution in [0.4, 0.5) is 22.7 Å². The molecule has 4 saturated carbocycles. The van der Waals surface area contributed by atoms with Crippen molar-refractivity contribution in [3.8, 4) is 44.5 Å². The molecule has 4 aliphatic carbocycles. The number of carbonyl (C=O) groups excluding carboxylic acids is 5. The van der Waals surface area contributed by atoms with Gasteiger partial charge in [-0.15, -0.1) is 0 Å². The minimum absolute atomic E-state index is 0.0288. The number of aryl methyl sites for hydroxylation is 2. The highest BCUT2D eigenvalue weighted by atomic mass is 16.5. The largest absolute Gasteiger partial charge is 0.424 e. The van der Waals surface area contributed by atoms with Crippen LogP contribution in [0.3, 0.4) is 0 Å². The number of hydrogen-bond donors (Lipinski definition) is 6. The summed E-state index contributed by atoms with van der Waals surface area (Å²) < 4.78 is 9.01. The van der Waals surface area contributed by atoms with Crippen molar-refractivity contribution in [2.24, 2.45) is 21.7 Å². The zero-order valence-corrected chi connectivity index (χ0v) is 61.3. The van der Waals surface area contributed by atoms with E-state index in [0.29, 0.717) is 107 Å². The molecule has 8 aromatic rings. The Bertz CT molecular complexity index is 4810. The maximum absolute atomic E-state index is 15.0. The van der Waals surface area contributed by atoms with Crippen molar-refractivity contribution in [1.82, 2.24) is 29.5 Å². The molecule has 4 aromatic carbocycles. The fourth-order valence-electron chi connectivity index (χ4n) is 16.9. The van der Waals surface area contributed by atoms with Gasteiger partial charge in [0.2, 0.25) is 23.6 Å². The molecular weight excluding hydrogens is 1290 g/mol. The van der Waals surface area contributed by atoms with Crippen LogP contribution in [-0.2, 0) is 35.3 Å². The number of benzene rings is 4. The number of para-hydroxylation sites is 4. The van der Waals surface area contributed by atoms with Crippen molar-refractivity contribution in [3.05, 3.63) is 162 Å². The molecule has 4 fully saturated rings. The Morgan fingerprint density at radius 2 is 0.769 bits per heavy atom. The van der Waals surface area contributed by atoms with E-state index >= 15 is 0 Å². The molecule has 538 valence electrons. The van der Waals surface area contributed by atoms with Crippen LogP contribution in [0.15, 0.2) is 134 Å². The Kier molecular flexibility index (Phi) is 21.0. The first-order valence-corrected chi connectivity index (χ1v) is 38.5. The third-order valence-corrected chi connectivity index (χ3v) is 23.6. The summed E-state index contributed by atoms with van der Waals surface area (Å²) in [4.78, 5) is 98.3. The molecule has 0 atom stereocenters. The molecule has 8 bridgehead atoms. The number of nitrogens with zero attached hydrogens (tertiary/aromatic N) is 4. The van der Waals surface area contributed by atoms with Gasteiger partial charge in [-0.05, 0) is 132 Å². The number of aromatic amines is 2. The summed E-state index contributed by atoms with van der Waals surface area (Å²) in [6.07, 6.45) is 32.6. The highest BCUT2D eigenvalue weighted by molar-refractivity contribution is 6.10. The van der Waals surface area contributed by atoms with Crippen LogP contribution >= 0.6 is 0 Å². The molecular formula is C88H100N10O6. The Hall–Kier alpha value is -9.96. The Balaban J connectivity index is 1.03. The second-order valence-electron chi connectivity index (χ2n) is 31.3. The maximum Gasteiger partial charge on any atom is 0.311 e. The van der Waals surface area contributed by atoms with Crippen LogP contribution in [0.25, 0.3) is 90.6 Å². The van der Waals surface area contributed by atoms with Crippen molar-refractivity contribution >= 4 is 98.4 Å². The average molecular weight is 1390 g/mol. The van der Waals surface area contributed by atoms with Crippen LogP contribution in [0.2, 0.25) is 0 Å². The second kappa shape index (κ2) is 30.8. The summed E-state index contributed by atoms with van der Waals surface area (Å²) in [6, 6.07) is 39.6. The summed E-state index contributed by atoms with van der Waals surface area (Å²) in [5, 5.41) is 13.8. The quantitative estimate of drug-likeness (QED) is 0.0297. The number of ether oxygens (including phenoxy) is 1. The van der Waals surface area contributed by atoms with Crippen molar-refractivity contribution in [3.63, 3.8) is 0 Å². The van der Waals surface area contributed by atoms with E-state index in [0.717, 1.165) is 178 Å². The van der Waals surface area contributed by atoms with Gasteiger partial charge in [-0.1, -0.05) is 197 Å². The number of nitrogens with one attached hydrogen (secondary N) is 6. The predicted molar refractivity (Wildman–Crippen MR) is 420 cm³/mol. The van der Waals surface area contributed by atoms with E-state index in [1.165, 1.54) is 0 Å².